The Bertz CT molecular complexity index is 784. The normalized spacial score (nSPS) is 9.42. The van der Waals surface area contributed by atoms with Crippen molar-refractivity contribution in [2.24, 2.45) is 0 Å². The van der Waals surface area contributed by atoms with Crippen LogP contribution in [0.2, 0.25) is 0 Å². The van der Waals surface area contributed by atoms with E-state index in [2.05, 4.69) is 90.9 Å². The van der Waals surface area contributed by atoms with Gasteiger partial charge in [-0.3, -0.25) is 0 Å². The van der Waals surface area contributed by atoms with Gasteiger partial charge in [0.25, 0.3) is 0 Å². The largest absolute Gasteiger partial charge is 4.00 e. The van der Waals surface area contributed by atoms with E-state index in [1.165, 1.54) is 35.8 Å². The summed E-state index contributed by atoms with van der Waals surface area (Å²) >= 11 is 0. The van der Waals surface area contributed by atoms with Crippen molar-refractivity contribution in [1.29, 1.82) is 0 Å². The van der Waals surface area contributed by atoms with Crippen LogP contribution in [0.25, 0.3) is 16.5 Å². The standard InChI is InChI=1S/C12H9NP.C7H9.2ClH.Zr/c1-2-4-11-8-12(7-10(11)3-1)13-5-6-14-9-13;1-6-4-3-5-7(6)2;;;/h1-9H;3-5H,1-2H3;2*1H;/q2*-1;;;+4/p-2. The van der Waals surface area contributed by atoms with Gasteiger partial charge in [0.05, 0.1) is 0 Å². The summed E-state index contributed by atoms with van der Waals surface area (Å²) in [5.74, 6) is 4.30. The van der Waals surface area contributed by atoms with Crippen molar-refractivity contribution in [2.75, 3.05) is 0 Å². The van der Waals surface area contributed by atoms with E-state index in [-0.39, 0.29) is 51.0 Å². The minimum atomic E-state index is 0. The Morgan fingerprint density at radius 3 is 2.33 bits per heavy atom. The van der Waals surface area contributed by atoms with Gasteiger partial charge in [-0.2, -0.15) is 17.2 Å². The number of fused-ring (bicyclic) bond motifs is 1. The number of hydrogen-bond acceptors (Lipinski definition) is 0. The van der Waals surface area contributed by atoms with E-state index in [0.717, 1.165) is 0 Å². The van der Waals surface area contributed by atoms with Crippen molar-refractivity contribution in [3.05, 3.63) is 83.6 Å². The molecule has 24 heavy (non-hydrogen) atoms. The van der Waals surface area contributed by atoms with Crippen molar-refractivity contribution in [2.45, 2.75) is 13.8 Å². The van der Waals surface area contributed by atoms with Crippen LogP contribution in [0.1, 0.15) is 11.1 Å². The fraction of sp³-hybridized carbons (Fsp3) is 0.105. The molecular weight excluding hydrogens is 435 g/mol. The molecule has 4 aromatic rings. The maximum Gasteiger partial charge on any atom is 4.00 e. The first kappa shape index (κ1) is 23.4. The fourth-order valence-corrected chi connectivity index (χ4v) is 2.95. The molecule has 0 saturated heterocycles. The fourth-order valence-electron chi connectivity index (χ4n) is 2.29. The third-order valence-corrected chi connectivity index (χ3v) is 4.41. The molecule has 0 fully saturated rings. The van der Waals surface area contributed by atoms with Gasteiger partial charge < -0.3 is 29.4 Å². The Kier molecular flexibility index (Phi) is 10.8. The molecule has 4 rings (SSSR count). The molecule has 0 N–H and O–H groups in total. The molecule has 0 aliphatic carbocycles. The number of benzene rings is 1. The molecule has 0 aliphatic rings. The third kappa shape index (κ3) is 5.71. The maximum atomic E-state index is 2.22. The van der Waals surface area contributed by atoms with Gasteiger partial charge >= 0.3 is 26.2 Å². The second-order valence-corrected chi connectivity index (χ2v) is 6.03. The summed E-state index contributed by atoms with van der Waals surface area (Å²) in [5, 5.41) is 2.63. The average molecular weight is 453 g/mol. The first-order valence-electron chi connectivity index (χ1n) is 7.07. The predicted molar refractivity (Wildman–Crippen MR) is 92.9 cm³/mol. The predicted octanol–water partition coefficient (Wildman–Crippen LogP) is -0.0427. The minimum absolute atomic E-state index is 0. The molecule has 0 unspecified atom stereocenters. The van der Waals surface area contributed by atoms with Gasteiger partial charge in [0.1, 0.15) is 0 Å². The van der Waals surface area contributed by atoms with Gasteiger partial charge in [-0.1, -0.05) is 28.1 Å². The molecule has 0 amide bonds. The Hall–Kier alpha value is -0.647. The minimum Gasteiger partial charge on any atom is -1.00 e. The van der Waals surface area contributed by atoms with Crippen LogP contribution in [-0.4, -0.2) is 4.57 Å². The zero-order valence-corrected chi connectivity index (χ0v) is 18.4. The first-order chi connectivity index (χ1) is 10.2. The topological polar surface area (TPSA) is 4.93 Å². The third-order valence-electron chi connectivity index (χ3n) is 3.72. The molecule has 122 valence electrons. The van der Waals surface area contributed by atoms with Crippen LogP contribution in [0.3, 0.4) is 0 Å². The van der Waals surface area contributed by atoms with Crippen molar-refractivity contribution in [3.63, 3.8) is 0 Å². The van der Waals surface area contributed by atoms with Crippen molar-refractivity contribution >= 4 is 19.0 Å². The molecule has 0 atom stereocenters. The summed E-state index contributed by atoms with van der Waals surface area (Å²) in [6.45, 7) is 4.24. The second-order valence-electron chi connectivity index (χ2n) is 5.20. The molecule has 1 aromatic heterocycles. The summed E-state index contributed by atoms with van der Waals surface area (Å²) in [6, 6.07) is 19.2. The van der Waals surface area contributed by atoms with Gasteiger partial charge in [0, 0.05) is 12.1 Å². The molecule has 3 aromatic carbocycles. The number of rotatable bonds is 1. The van der Waals surface area contributed by atoms with Gasteiger partial charge in [-0.15, -0.1) is 41.1 Å². The quantitative estimate of drug-likeness (QED) is 0.357. The Morgan fingerprint density at radius 2 is 1.83 bits per heavy atom. The van der Waals surface area contributed by atoms with Crippen LogP contribution >= 0.6 is 8.19 Å². The number of halogens is 2. The van der Waals surface area contributed by atoms with E-state index in [0.29, 0.717) is 0 Å². The second kappa shape index (κ2) is 11.1. The monoisotopic (exact) mass is 451 g/mol. The van der Waals surface area contributed by atoms with Crippen molar-refractivity contribution in [1.82, 2.24) is 4.57 Å². The summed E-state index contributed by atoms with van der Waals surface area (Å²) in [5.41, 5.74) is 4.03. The van der Waals surface area contributed by atoms with Gasteiger partial charge in [-0.25, -0.2) is 12.1 Å². The first-order valence-corrected chi connectivity index (χ1v) is 8.10. The molecule has 0 spiro atoms. The molecule has 0 saturated carbocycles. The Balaban J connectivity index is 0.000000463. The van der Waals surface area contributed by atoms with E-state index in [1.54, 1.807) is 0 Å². The van der Waals surface area contributed by atoms with Gasteiger partial charge in [-0.05, 0) is 11.5 Å². The number of nitrogens with zero attached hydrogens (tertiary/aromatic N) is 1. The van der Waals surface area contributed by atoms with Crippen LogP contribution in [0.5, 0.6) is 0 Å². The SMILES string of the molecule is Cc1ccc[c-]1C.[Cl-].[Cl-].[Zr+4].c1ccc2[cH-]c(-n3ccpc3)cc2c1. The molecule has 0 aliphatic heterocycles. The van der Waals surface area contributed by atoms with Crippen LogP contribution in [0.15, 0.2) is 72.5 Å². The number of hydrogen-bond donors (Lipinski definition) is 0. The number of aryl methyl sites for hydroxylation is 2. The van der Waals surface area contributed by atoms with E-state index in [9.17, 15) is 0 Å². The summed E-state index contributed by atoms with van der Waals surface area (Å²) in [6.07, 6.45) is 2.11. The Morgan fingerprint density at radius 1 is 1.08 bits per heavy atom. The van der Waals surface area contributed by atoms with Gasteiger partial charge in [0.2, 0.25) is 0 Å². The van der Waals surface area contributed by atoms with Crippen LogP contribution in [0, 0.1) is 13.8 Å². The molecule has 0 bridgehead atoms. The zero-order chi connectivity index (χ0) is 14.7. The molecule has 0 radical (unpaired) electrons. The molecule has 1 heterocycles. The summed E-state index contributed by atoms with van der Waals surface area (Å²) in [7, 11) is 1.26. The maximum absolute atomic E-state index is 2.22. The summed E-state index contributed by atoms with van der Waals surface area (Å²) in [4.78, 5) is 0. The van der Waals surface area contributed by atoms with Crippen molar-refractivity contribution < 1.29 is 51.0 Å². The molecular formula is C19H18Cl2NPZr. The molecule has 5 heteroatoms. The zero-order valence-electron chi connectivity index (χ0n) is 13.6. The van der Waals surface area contributed by atoms with E-state index < -0.39 is 0 Å². The van der Waals surface area contributed by atoms with E-state index in [4.69, 9.17) is 0 Å². The summed E-state index contributed by atoms with van der Waals surface area (Å²) < 4.78 is 2.17. The molecule has 1 nitrogen and oxygen atoms in total. The van der Waals surface area contributed by atoms with Crippen LogP contribution in [-0.2, 0) is 26.2 Å². The Labute approximate surface area is 176 Å². The van der Waals surface area contributed by atoms with Crippen LogP contribution < -0.4 is 24.8 Å². The van der Waals surface area contributed by atoms with Gasteiger partial charge in [0.15, 0.2) is 0 Å². The smallest absolute Gasteiger partial charge is 1.00 e. The van der Waals surface area contributed by atoms with Crippen LogP contribution in [0.4, 0.5) is 0 Å². The number of aromatic nitrogens is 1. The van der Waals surface area contributed by atoms with E-state index in [1.807, 2.05) is 0 Å². The van der Waals surface area contributed by atoms with Crippen molar-refractivity contribution in [3.8, 4) is 5.69 Å². The average Bonchev–Trinajstić information content (AvgIpc) is 3.21. The van der Waals surface area contributed by atoms with E-state index >= 15 is 0 Å².